The Bertz CT molecular complexity index is 821. The molecule has 0 amide bonds. The van der Waals surface area contributed by atoms with Crippen molar-refractivity contribution in [3.8, 4) is 5.75 Å². The van der Waals surface area contributed by atoms with Crippen LogP contribution in [0.1, 0.15) is 25.3 Å². The molecule has 25 heavy (non-hydrogen) atoms. The van der Waals surface area contributed by atoms with Crippen LogP contribution in [0.5, 0.6) is 5.75 Å². The summed E-state index contributed by atoms with van der Waals surface area (Å²) in [5.41, 5.74) is 0.844. The number of rotatable bonds is 8. The van der Waals surface area contributed by atoms with Gasteiger partial charge in [-0.25, -0.2) is 8.42 Å². The van der Waals surface area contributed by atoms with E-state index < -0.39 is 9.84 Å². The summed E-state index contributed by atoms with van der Waals surface area (Å²) in [6, 6.07) is 8.80. The average Bonchev–Trinajstić information content (AvgIpc) is 3.42. The van der Waals surface area contributed by atoms with E-state index in [2.05, 4.69) is 10.2 Å². The monoisotopic (exact) mass is 361 g/mol. The maximum Gasteiger partial charge on any atom is 0.175 e. The van der Waals surface area contributed by atoms with Crippen molar-refractivity contribution in [1.29, 1.82) is 0 Å². The molecule has 1 aliphatic rings. The van der Waals surface area contributed by atoms with Crippen LogP contribution < -0.4 is 9.64 Å². The molecule has 2 aromatic rings. The molecular weight excluding hydrogens is 338 g/mol. The third-order valence-corrected chi connectivity index (χ3v) is 5.37. The Morgan fingerprint density at radius 1 is 1.28 bits per heavy atom. The van der Waals surface area contributed by atoms with Crippen LogP contribution >= 0.6 is 0 Å². The normalized spacial score (nSPS) is 14.3. The van der Waals surface area contributed by atoms with Crippen molar-refractivity contribution in [2.24, 2.45) is 5.92 Å². The quantitative estimate of drug-likeness (QED) is 0.720. The van der Waals surface area contributed by atoms with Gasteiger partial charge in [0.05, 0.1) is 11.5 Å². The first-order valence-electron chi connectivity index (χ1n) is 8.46. The lowest BCUT2D eigenvalue weighted by atomic mass is 10.2. The van der Waals surface area contributed by atoms with Gasteiger partial charge in [-0.15, -0.1) is 5.10 Å². The number of ether oxygens (including phenoxy) is 1. The first kappa shape index (κ1) is 17.7. The van der Waals surface area contributed by atoms with Crippen LogP contribution in [0.25, 0.3) is 0 Å². The van der Waals surface area contributed by atoms with E-state index in [1.807, 2.05) is 24.0 Å². The van der Waals surface area contributed by atoms with E-state index in [1.165, 1.54) is 19.1 Å². The predicted molar refractivity (Wildman–Crippen MR) is 96.5 cm³/mol. The molecule has 1 aliphatic carbocycles. The minimum Gasteiger partial charge on any atom is -0.493 e. The number of nitrogens with zero attached hydrogens (tertiary/aromatic N) is 3. The Balaban J connectivity index is 1.89. The van der Waals surface area contributed by atoms with Gasteiger partial charge in [0.15, 0.2) is 15.7 Å². The summed E-state index contributed by atoms with van der Waals surface area (Å²) in [5.74, 6) is 2.12. The molecule has 6 nitrogen and oxygen atoms in total. The molecule has 1 saturated carbocycles. The van der Waals surface area contributed by atoms with Crippen molar-refractivity contribution in [2.75, 3.05) is 24.3 Å². The average molecular weight is 361 g/mol. The highest BCUT2D eigenvalue weighted by atomic mass is 32.2. The Morgan fingerprint density at radius 3 is 2.68 bits per heavy atom. The molecule has 0 bridgehead atoms. The van der Waals surface area contributed by atoms with Crippen molar-refractivity contribution in [2.45, 2.75) is 31.2 Å². The van der Waals surface area contributed by atoms with Crippen LogP contribution in [0.4, 0.5) is 5.82 Å². The number of hydrogen-bond acceptors (Lipinski definition) is 6. The van der Waals surface area contributed by atoms with Gasteiger partial charge in [-0.05, 0) is 56.0 Å². The highest BCUT2D eigenvalue weighted by molar-refractivity contribution is 7.90. The molecule has 134 valence electrons. The fraction of sp³-hybridized carbons (Fsp3) is 0.444. The Morgan fingerprint density at radius 2 is 2.08 bits per heavy atom. The summed E-state index contributed by atoms with van der Waals surface area (Å²) in [6.45, 7) is 3.95. The van der Waals surface area contributed by atoms with E-state index in [4.69, 9.17) is 4.74 Å². The van der Waals surface area contributed by atoms with Crippen LogP contribution in [0.15, 0.2) is 41.4 Å². The molecule has 1 fully saturated rings. The van der Waals surface area contributed by atoms with E-state index in [-0.39, 0.29) is 0 Å². The second kappa shape index (κ2) is 7.39. The van der Waals surface area contributed by atoms with Crippen LogP contribution in [0, 0.1) is 5.92 Å². The van der Waals surface area contributed by atoms with Gasteiger partial charge >= 0.3 is 0 Å². The molecule has 0 spiro atoms. The summed E-state index contributed by atoms with van der Waals surface area (Å²) in [4.78, 5) is 2.34. The maximum atomic E-state index is 11.9. The van der Waals surface area contributed by atoms with E-state index >= 15 is 0 Å². The number of sulfone groups is 1. The molecule has 7 heteroatoms. The zero-order chi connectivity index (χ0) is 17.9. The first-order valence-corrected chi connectivity index (χ1v) is 10.3. The Hall–Kier alpha value is -2.15. The SMILES string of the molecule is CCN(Cc1cc(S(C)(=O)=O)ccc1OCC1CC1)c1cccnn1. The minimum absolute atomic E-state index is 0.302. The zero-order valence-electron chi connectivity index (χ0n) is 14.6. The third-order valence-electron chi connectivity index (χ3n) is 4.26. The predicted octanol–water partition coefficient (Wildman–Crippen LogP) is 2.70. The van der Waals surface area contributed by atoms with Crippen LogP contribution in [0.3, 0.4) is 0 Å². The summed E-state index contributed by atoms with van der Waals surface area (Å²) in [6.07, 6.45) is 5.26. The van der Waals surface area contributed by atoms with Crippen molar-refractivity contribution in [3.63, 3.8) is 0 Å². The lowest BCUT2D eigenvalue weighted by molar-refractivity contribution is 0.296. The molecule has 0 radical (unpaired) electrons. The molecule has 0 atom stereocenters. The van der Waals surface area contributed by atoms with Gasteiger partial charge in [0, 0.05) is 31.1 Å². The fourth-order valence-corrected chi connectivity index (χ4v) is 3.24. The molecule has 0 N–H and O–H groups in total. The maximum absolute atomic E-state index is 11.9. The van der Waals surface area contributed by atoms with Gasteiger partial charge in [0.1, 0.15) is 5.75 Å². The molecule has 1 aromatic heterocycles. The number of benzene rings is 1. The topological polar surface area (TPSA) is 72.4 Å². The van der Waals surface area contributed by atoms with E-state index in [0.717, 1.165) is 23.7 Å². The number of hydrogen-bond donors (Lipinski definition) is 0. The minimum atomic E-state index is -3.27. The van der Waals surface area contributed by atoms with Crippen LogP contribution in [0.2, 0.25) is 0 Å². The standard InChI is InChI=1S/C18H23N3O3S/c1-3-21(18-5-4-10-19-20-18)12-15-11-16(25(2,22)23)8-9-17(15)24-13-14-6-7-14/h4-5,8-11,14H,3,6-7,12-13H2,1-2H3. The second-order valence-electron chi connectivity index (χ2n) is 6.39. The van der Waals surface area contributed by atoms with Gasteiger partial charge in [0.25, 0.3) is 0 Å². The van der Waals surface area contributed by atoms with Crippen molar-refractivity contribution in [1.82, 2.24) is 10.2 Å². The van der Waals surface area contributed by atoms with Crippen LogP contribution in [-0.2, 0) is 16.4 Å². The fourth-order valence-electron chi connectivity index (χ4n) is 2.57. The highest BCUT2D eigenvalue weighted by Gasteiger charge is 2.23. The summed E-state index contributed by atoms with van der Waals surface area (Å²) >= 11 is 0. The van der Waals surface area contributed by atoms with Crippen molar-refractivity contribution >= 4 is 15.7 Å². The number of anilines is 1. The highest BCUT2D eigenvalue weighted by Crippen LogP contribution is 2.31. The third kappa shape index (κ3) is 4.69. The molecule has 0 aliphatic heterocycles. The molecule has 1 aromatic carbocycles. The summed E-state index contributed by atoms with van der Waals surface area (Å²) < 4.78 is 29.8. The Labute approximate surface area is 148 Å². The van der Waals surface area contributed by atoms with Gasteiger partial charge in [-0.3, -0.25) is 0 Å². The summed E-state index contributed by atoms with van der Waals surface area (Å²) in [5, 5.41) is 8.07. The molecule has 0 unspecified atom stereocenters. The van der Waals surface area contributed by atoms with Crippen molar-refractivity contribution in [3.05, 3.63) is 42.1 Å². The number of aromatic nitrogens is 2. The van der Waals surface area contributed by atoms with Gasteiger partial charge in [-0.2, -0.15) is 5.10 Å². The van der Waals surface area contributed by atoms with Crippen molar-refractivity contribution < 1.29 is 13.2 Å². The largest absolute Gasteiger partial charge is 0.493 e. The zero-order valence-corrected chi connectivity index (χ0v) is 15.4. The van der Waals surface area contributed by atoms with E-state index in [9.17, 15) is 8.42 Å². The van der Waals surface area contributed by atoms with E-state index in [1.54, 1.807) is 24.4 Å². The lowest BCUT2D eigenvalue weighted by Crippen LogP contribution is -2.24. The van der Waals surface area contributed by atoms with Gasteiger partial charge in [0.2, 0.25) is 0 Å². The first-order chi connectivity index (χ1) is 12.0. The molecule has 3 rings (SSSR count). The van der Waals surface area contributed by atoms with Gasteiger partial charge in [-0.1, -0.05) is 0 Å². The van der Waals surface area contributed by atoms with Gasteiger partial charge < -0.3 is 9.64 Å². The second-order valence-corrected chi connectivity index (χ2v) is 8.41. The lowest BCUT2D eigenvalue weighted by Gasteiger charge is -2.23. The smallest absolute Gasteiger partial charge is 0.175 e. The summed E-state index contributed by atoms with van der Waals surface area (Å²) in [7, 11) is -3.27. The van der Waals surface area contributed by atoms with Crippen LogP contribution in [-0.4, -0.2) is 38.0 Å². The van der Waals surface area contributed by atoms with E-state index in [0.29, 0.717) is 24.0 Å². The Kier molecular flexibility index (Phi) is 5.22. The molecule has 1 heterocycles. The molecule has 0 saturated heterocycles. The molecular formula is C18H23N3O3S.